The van der Waals surface area contributed by atoms with Crippen molar-refractivity contribution in [3.05, 3.63) is 48.0 Å². The molecule has 0 unspecified atom stereocenters. The zero-order valence-corrected chi connectivity index (χ0v) is 16.8. The minimum atomic E-state index is -3.18. The van der Waals surface area contributed by atoms with Gasteiger partial charge in [-0.1, -0.05) is 18.2 Å². The van der Waals surface area contributed by atoms with Crippen molar-refractivity contribution in [1.29, 1.82) is 0 Å². The summed E-state index contributed by atoms with van der Waals surface area (Å²) in [5.74, 6) is 0.853. The van der Waals surface area contributed by atoms with Crippen molar-refractivity contribution in [3.8, 4) is 16.9 Å². The molecule has 5 nitrogen and oxygen atoms in total. The number of sulfone groups is 1. The first-order chi connectivity index (χ1) is 12.9. The van der Waals surface area contributed by atoms with E-state index in [-0.39, 0.29) is 0 Å². The van der Waals surface area contributed by atoms with Crippen LogP contribution in [0.25, 0.3) is 11.1 Å². The molecule has 3 rings (SSSR count). The van der Waals surface area contributed by atoms with E-state index in [1.54, 1.807) is 19.2 Å². The molecule has 0 radical (unpaired) electrons. The smallest absolute Gasteiger partial charge is 0.175 e. The number of rotatable bonds is 6. The van der Waals surface area contributed by atoms with Crippen LogP contribution in [0.5, 0.6) is 5.75 Å². The monoisotopic (exact) mass is 388 g/mol. The average Bonchev–Trinajstić information content (AvgIpc) is 2.67. The van der Waals surface area contributed by atoms with Crippen LogP contribution in [0, 0.1) is 0 Å². The molecule has 0 bridgehead atoms. The van der Waals surface area contributed by atoms with Crippen LogP contribution < -0.4 is 15.8 Å². The van der Waals surface area contributed by atoms with Gasteiger partial charge in [0.2, 0.25) is 0 Å². The quantitative estimate of drug-likeness (QED) is 0.795. The van der Waals surface area contributed by atoms with E-state index in [4.69, 9.17) is 10.5 Å². The van der Waals surface area contributed by atoms with Crippen molar-refractivity contribution in [2.45, 2.75) is 49.2 Å². The minimum Gasteiger partial charge on any atom is -0.496 e. The topological polar surface area (TPSA) is 81.4 Å². The van der Waals surface area contributed by atoms with Crippen LogP contribution in [0.3, 0.4) is 0 Å². The third kappa shape index (κ3) is 5.09. The van der Waals surface area contributed by atoms with Crippen LogP contribution >= 0.6 is 0 Å². The van der Waals surface area contributed by atoms with Gasteiger partial charge in [-0.15, -0.1) is 0 Å². The first-order valence-electron chi connectivity index (χ1n) is 9.33. The van der Waals surface area contributed by atoms with Gasteiger partial charge in [0, 0.05) is 30.4 Å². The number of benzene rings is 2. The fraction of sp³-hybridized carbons (Fsp3) is 0.429. The number of hydrogen-bond acceptors (Lipinski definition) is 5. The maximum Gasteiger partial charge on any atom is 0.175 e. The fourth-order valence-electron chi connectivity index (χ4n) is 3.57. The molecule has 1 aliphatic rings. The third-order valence-corrected chi connectivity index (χ3v) is 6.38. The van der Waals surface area contributed by atoms with Crippen molar-refractivity contribution < 1.29 is 13.2 Å². The Morgan fingerprint density at radius 2 is 1.67 bits per heavy atom. The van der Waals surface area contributed by atoms with E-state index in [0.717, 1.165) is 54.7 Å². The Labute approximate surface area is 161 Å². The van der Waals surface area contributed by atoms with Crippen molar-refractivity contribution in [2.75, 3.05) is 13.4 Å². The summed E-state index contributed by atoms with van der Waals surface area (Å²) in [5, 5.41) is 3.63. The Morgan fingerprint density at radius 3 is 2.26 bits per heavy atom. The second-order valence-corrected chi connectivity index (χ2v) is 9.33. The van der Waals surface area contributed by atoms with E-state index in [1.807, 2.05) is 24.3 Å². The molecule has 6 heteroatoms. The molecule has 0 aliphatic heterocycles. The number of ether oxygens (including phenoxy) is 1. The molecular formula is C21H28N2O3S. The Morgan fingerprint density at radius 1 is 1.04 bits per heavy atom. The molecule has 0 saturated heterocycles. The predicted molar refractivity (Wildman–Crippen MR) is 109 cm³/mol. The molecule has 0 atom stereocenters. The van der Waals surface area contributed by atoms with Gasteiger partial charge in [0.05, 0.1) is 12.0 Å². The minimum absolute atomic E-state index is 0.331. The first-order valence-corrected chi connectivity index (χ1v) is 11.2. The van der Waals surface area contributed by atoms with Gasteiger partial charge in [0.15, 0.2) is 9.84 Å². The van der Waals surface area contributed by atoms with Gasteiger partial charge in [0.25, 0.3) is 0 Å². The summed E-state index contributed by atoms with van der Waals surface area (Å²) in [5.41, 5.74) is 9.10. The van der Waals surface area contributed by atoms with Crippen LogP contribution in [-0.2, 0) is 16.4 Å². The predicted octanol–water partition coefficient (Wildman–Crippen LogP) is 3.13. The standard InChI is InChI=1S/C21H28N2O3S/c1-26-21-12-5-16(15-3-10-20(11-4-15)27(2,24)25)13-17(21)14-23-19-8-6-18(22)7-9-19/h3-5,10-13,18-19,23H,6-9,14,22H2,1-2H3. The van der Waals surface area contributed by atoms with E-state index in [0.29, 0.717) is 17.0 Å². The van der Waals surface area contributed by atoms with Gasteiger partial charge in [-0.3, -0.25) is 0 Å². The zero-order chi connectivity index (χ0) is 19.4. The summed E-state index contributed by atoms with van der Waals surface area (Å²) < 4.78 is 28.8. The van der Waals surface area contributed by atoms with Gasteiger partial charge in [-0.25, -0.2) is 8.42 Å². The van der Waals surface area contributed by atoms with Crippen molar-refractivity contribution in [3.63, 3.8) is 0 Å². The number of hydrogen-bond donors (Lipinski definition) is 2. The van der Waals surface area contributed by atoms with Crippen molar-refractivity contribution >= 4 is 9.84 Å². The van der Waals surface area contributed by atoms with Crippen molar-refractivity contribution in [2.24, 2.45) is 5.73 Å². The summed E-state index contributed by atoms with van der Waals surface area (Å²) in [6, 6.07) is 13.9. The number of nitrogens with one attached hydrogen (secondary N) is 1. The zero-order valence-electron chi connectivity index (χ0n) is 15.9. The van der Waals surface area contributed by atoms with Gasteiger partial charge < -0.3 is 15.8 Å². The summed E-state index contributed by atoms with van der Waals surface area (Å²) in [4.78, 5) is 0.331. The Hall–Kier alpha value is -1.89. The van der Waals surface area contributed by atoms with E-state index in [2.05, 4.69) is 11.4 Å². The highest BCUT2D eigenvalue weighted by Gasteiger charge is 2.18. The summed E-state index contributed by atoms with van der Waals surface area (Å²) in [7, 11) is -1.50. The SMILES string of the molecule is COc1ccc(-c2ccc(S(C)(=O)=O)cc2)cc1CNC1CCC(N)CC1. The van der Waals surface area contributed by atoms with E-state index in [9.17, 15) is 8.42 Å². The van der Waals surface area contributed by atoms with E-state index in [1.165, 1.54) is 6.26 Å². The molecule has 146 valence electrons. The van der Waals surface area contributed by atoms with Gasteiger partial charge >= 0.3 is 0 Å². The lowest BCUT2D eigenvalue weighted by Crippen LogP contribution is -2.37. The fourth-order valence-corrected chi connectivity index (χ4v) is 4.20. The highest BCUT2D eigenvalue weighted by atomic mass is 32.2. The molecule has 0 heterocycles. The van der Waals surface area contributed by atoms with Crippen LogP contribution in [0.15, 0.2) is 47.4 Å². The Balaban J connectivity index is 1.76. The summed E-state index contributed by atoms with van der Waals surface area (Å²) in [6.45, 7) is 0.734. The lowest BCUT2D eigenvalue weighted by atomic mass is 9.91. The maximum absolute atomic E-state index is 11.6. The highest BCUT2D eigenvalue weighted by Crippen LogP contribution is 2.28. The molecule has 1 aliphatic carbocycles. The molecule has 0 aromatic heterocycles. The normalized spacial score (nSPS) is 20.4. The highest BCUT2D eigenvalue weighted by molar-refractivity contribution is 7.90. The van der Waals surface area contributed by atoms with Gasteiger partial charge in [-0.05, 0) is 61.1 Å². The largest absolute Gasteiger partial charge is 0.496 e. The van der Waals surface area contributed by atoms with Gasteiger partial charge in [0.1, 0.15) is 5.75 Å². The third-order valence-electron chi connectivity index (χ3n) is 5.25. The van der Waals surface area contributed by atoms with Crippen molar-refractivity contribution in [1.82, 2.24) is 5.32 Å². The Kier molecular flexibility index (Phi) is 6.19. The summed E-state index contributed by atoms with van der Waals surface area (Å²) >= 11 is 0. The first kappa shape index (κ1) is 19.9. The van der Waals surface area contributed by atoms with Crippen LogP contribution in [-0.4, -0.2) is 33.9 Å². The van der Waals surface area contributed by atoms with Crippen LogP contribution in [0.2, 0.25) is 0 Å². The van der Waals surface area contributed by atoms with Crippen LogP contribution in [0.1, 0.15) is 31.2 Å². The number of nitrogens with two attached hydrogens (primary N) is 1. The van der Waals surface area contributed by atoms with E-state index >= 15 is 0 Å². The molecule has 0 spiro atoms. The molecule has 1 fully saturated rings. The molecule has 3 N–H and O–H groups in total. The molecule has 27 heavy (non-hydrogen) atoms. The number of methoxy groups -OCH3 is 1. The maximum atomic E-state index is 11.6. The molecule has 2 aromatic carbocycles. The summed E-state index contributed by atoms with van der Waals surface area (Å²) in [6.07, 6.45) is 5.58. The Bertz CT molecular complexity index is 871. The molecule has 0 amide bonds. The average molecular weight is 389 g/mol. The van der Waals surface area contributed by atoms with E-state index < -0.39 is 9.84 Å². The lowest BCUT2D eigenvalue weighted by Gasteiger charge is -2.27. The lowest BCUT2D eigenvalue weighted by molar-refractivity contribution is 0.338. The molecule has 1 saturated carbocycles. The second-order valence-electron chi connectivity index (χ2n) is 7.32. The van der Waals surface area contributed by atoms with Crippen LogP contribution in [0.4, 0.5) is 0 Å². The second kappa shape index (κ2) is 8.42. The molecule has 2 aromatic rings. The molecular weight excluding hydrogens is 360 g/mol. The van der Waals surface area contributed by atoms with Gasteiger partial charge in [-0.2, -0.15) is 0 Å².